The lowest BCUT2D eigenvalue weighted by Gasteiger charge is -2.35. The number of methoxy groups -OCH3 is 1. The molecule has 1 aromatic heterocycles. The van der Waals surface area contributed by atoms with E-state index in [4.69, 9.17) is 9.15 Å². The predicted octanol–water partition coefficient (Wildman–Crippen LogP) is 2.32. The van der Waals surface area contributed by atoms with Crippen molar-refractivity contribution in [3.63, 3.8) is 0 Å². The molecule has 1 aromatic carbocycles. The van der Waals surface area contributed by atoms with Crippen molar-refractivity contribution in [2.75, 3.05) is 46.4 Å². The summed E-state index contributed by atoms with van der Waals surface area (Å²) in [5, 5.41) is 13.0. The quantitative estimate of drug-likeness (QED) is 0.519. The summed E-state index contributed by atoms with van der Waals surface area (Å²) >= 11 is 0. The normalized spacial score (nSPS) is 16.1. The van der Waals surface area contributed by atoms with Gasteiger partial charge >= 0.3 is 0 Å². The Kier molecular flexibility index (Phi) is 9.52. The zero-order valence-electron chi connectivity index (χ0n) is 19.3. The van der Waals surface area contributed by atoms with Crippen molar-refractivity contribution >= 4 is 5.91 Å². The fraction of sp³-hybridized carbons (Fsp3) is 0.583. The molecule has 0 unspecified atom stereocenters. The molecule has 0 bridgehead atoms. The van der Waals surface area contributed by atoms with Crippen molar-refractivity contribution in [3.8, 4) is 5.75 Å². The Bertz CT molecular complexity index is 833. The molecule has 1 atom stereocenters. The van der Waals surface area contributed by atoms with Gasteiger partial charge in [0.2, 0.25) is 5.89 Å². The number of para-hydroxylation sites is 1. The number of aliphatic hydroxyl groups excluding tert-OH is 1. The van der Waals surface area contributed by atoms with E-state index in [0.717, 1.165) is 63.3 Å². The van der Waals surface area contributed by atoms with E-state index in [1.807, 2.05) is 24.3 Å². The van der Waals surface area contributed by atoms with Crippen LogP contribution < -0.4 is 10.1 Å². The van der Waals surface area contributed by atoms with Crippen LogP contribution in [0.4, 0.5) is 0 Å². The number of oxazole rings is 1. The van der Waals surface area contributed by atoms with Crippen LogP contribution in [0.1, 0.15) is 48.1 Å². The predicted molar refractivity (Wildman–Crippen MR) is 123 cm³/mol. The third kappa shape index (κ3) is 7.32. The van der Waals surface area contributed by atoms with Gasteiger partial charge in [-0.05, 0) is 24.5 Å². The van der Waals surface area contributed by atoms with Gasteiger partial charge in [-0.25, -0.2) is 4.98 Å². The van der Waals surface area contributed by atoms with Gasteiger partial charge in [-0.15, -0.1) is 0 Å². The average Bonchev–Trinajstić information content (AvgIpc) is 3.28. The molecule has 0 radical (unpaired) electrons. The molecule has 1 fully saturated rings. The van der Waals surface area contributed by atoms with Crippen molar-refractivity contribution in [2.24, 2.45) is 0 Å². The summed E-state index contributed by atoms with van der Waals surface area (Å²) in [5.74, 6) is 1.14. The lowest BCUT2D eigenvalue weighted by molar-refractivity contribution is 0.0627. The van der Waals surface area contributed by atoms with Gasteiger partial charge in [-0.2, -0.15) is 0 Å². The van der Waals surface area contributed by atoms with Gasteiger partial charge in [0.15, 0.2) is 5.69 Å². The van der Waals surface area contributed by atoms with Gasteiger partial charge in [0.1, 0.15) is 12.0 Å². The standard InChI is InChI=1S/C24H36N4O4/c1-3-4-8-20(29)16-27-12-14-28(15-13-27)17-23-26-21(18-32-23)24(30)25-11-10-19-7-5-6-9-22(19)31-2/h5-7,9,18,20,29H,3-4,8,10-17H2,1-2H3,(H,25,30)/t20-/m1/s1. The Balaban J connectivity index is 1.38. The topological polar surface area (TPSA) is 91.1 Å². The van der Waals surface area contributed by atoms with E-state index in [1.165, 1.54) is 6.26 Å². The first-order valence-corrected chi connectivity index (χ1v) is 11.6. The molecule has 0 saturated carbocycles. The van der Waals surface area contributed by atoms with Crippen molar-refractivity contribution in [3.05, 3.63) is 47.7 Å². The molecule has 32 heavy (non-hydrogen) atoms. The zero-order valence-corrected chi connectivity index (χ0v) is 19.3. The molecule has 8 nitrogen and oxygen atoms in total. The van der Waals surface area contributed by atoms with E-state index >= 15 is 0 Å². The number of rotatable bonds is 12. The summed E-state index contributed by atoms with van der Waals surface area (Å²) in [5.41, 5.74) is 1.35. The number of piperazine rings is 1. The summed E-state index contributed by atoms with van der Waals surface area (Å²) < 4.78 is 10.9. The van der Waals surface area contributed by atoms with Crippen molar-refractivity contribution in [2.45, 2.75) is 45.3 Å². The monoisotopic (exact) mass is 444 g/mol. The molecule has 2 heterocycles. The van der Waals surface area contributed by atoms with Gasteiger partial charge in [0.25, 0.3) is 5.91 Å². The molecule has 3 rings (SSSR count). The first-order chi connectivity index (χ1) is 15.6. The number of hydrogen-bond donors (Lipinski definition) is 2. The molecule has 1 aliphatic rings. The summed E-state index contributed by atoms with van der Waals surface area (Å²) in [6.45, 7) is 7.58. The second kappa shape index (κ2) is 12.6. The minimum atomic E-state index is -0.239. The Morgan fingerprint density at radius 1 is 1.25 bits per heavy atom. The molecule has 1 amide bonds. The van der Waals surface area contributed by atoms with Gasteiger partial charge in [-0.3, -0.25) is 14.6 Å². The number of ether oxygens (including phenoxy) is 1. The number of aliphatic hydroxyl groups is 1. The minimum absolute atomic E-state index is 0.235. The summed E-state index contributed by atoms with van der Waals surface area (Å²) in [6.07, 6.45) is 4.92. The minimum Gasteiger partial charge on any atom is -0.496 e. The molecule has 2 aromatic rings. The first-order valence-electron chi connectivity index (χ1n) is 11.6. The number of carbonyl (C=O) groups is 1. The third-order valence-corrected chi connectivity index (χ3v) is 5.84. The highest BCUT2D eigenvalue weighted by molar-refractivity contribution is 5.91. The fourth-order valence-electron chi connectivity index (χ4n) is 3.95. The van der Waals surface area contributed by atoms with E-state index in [1.54, 1.807) is 7.11 Å². The number of carbonyl (C=O) groups excluding carboxylic acids is 1. The molecule has 0 spiro atoms. The summed E-state index contributed by atoms with van der Waals surface area (Å²) in [6, 6.07) is 7.78. The summed E-state index contributed by atoms with van der Waals surface area (Å²) in [7, 11) is 1.64. The molecule has 1 aliphatic heterocycles. The third-order valence-electron chi connectivity index (χ3n) is 5.84. The number of hydrogen-bond acceptors (Lipinski definition) is 7. The molecule has 1 saturated heterocycles. The maximum Gasteiger partial charge on any atom is 0.273 e. The largest absolute Gasteiger partial charge is 0.496 e. The molecule has 0 aliphatic carbocycles. The van der Waals surface area contributed by atoms with Crippen LogP contribution in [0.3, 0.4) is 0 Å². The van der Waals surface area contributed by atoms with Gasteiger partial charge in [-0.1, -0.05) is 38.0 Å². The van der Waals surface area contributed by atoms with E-state index in [2.05, 4.69) is 27.0 Å². The lowest BCUT2D eigenvalue weighted by atomic mass is 10.1. The van der Waals surface area contributed by atoms with Crippen molar-refractivity contribution in [1.82, 2.24) is 20.1 Å². The fourth-order valence-corrected chi connectivity index (χ4v) is 3.95. The summed E-state index contributed by atoms with van der Waals surface area (Å²) in [4.78, 5) is 21.4. The first kappa shape index (κ1) is 24.2. The zero-order chi connectivity index (χ0) is 22.8. The van der Waals surface area contributed by atoms with Crippen LogP contribution in [-0.2, 0) is 13.0 Å². The second-order valence-electron chi connectivity index (χ2n) is 8.32. The number of unbranched alkanes of at least 4 members (excludes halogenated alkanes) is 1. The number of β-amino-alcohol motifs (C(OH)–C–C–N with tert-alkyl or cyclic N) is 1. The molecular formula is C24H36N4O4. The Morgan fingerprint density at radius 2 is 2.00 bits per heavy atom. The molecule has 8 heteroatoms. The van der Waals surface area contributed by atoms with E-state index in [0.29, 0.717) is 31.1 Å². The van der Waals surface area contributed by atoms with Crippen LogP contribution in [-0.4, -0.2) is 78.3 Å². The Hall–Kier alpha value is -2.42. The van der Waals surface area contributed by atoms with E-state index < -0.39 is 0 Å². The van der Waals surface area contributed by atoms with Crippen LogP contribution in [0.15, 0.2) is 34.9 Å². The van der Waals surface area contributed by atoms with Crippen LogP contribution in [0, 0.1) is 0 Å². The SMILES string of the molecule is CCCC[C@@H](O)CN1CCN(Cc2nc(C(=O)NCCc3ccccc3OC)co2)CC1. The molecule has 176 valence electrons. The lowest BCUT2D eigenvalue weighted by Crippen LogP contribution is -2.48. The average molecular weight is 445 g/mol. The Labute approximate surface area is 190 Å². The van der Waals surface area contributed by atoms with Crippen LogP contribution in [0.5, 0.6) is 5.75 Å². The van der Waals surface area contributed by atoms with Gasteiger partial charge < -0.3 is 19.6 Å². The van der Waals surface area contributed by atoms with Crippen molar-refractivity contribution < 1.29 is 19.1 Å². The maximum absolute atomic E-state index is 12.4. The highest BCUT2D eigenvalue weighted by Gasteiger charge is 2.21. The number of aromatic nitrogens is 1. The smallest absolute Gasteiger partial charge is 0.273 e. The number of benzene rings is 1. The second-order valence-corrected chi connectivity index (χ2v) is 8.32. The maximum atomic E-state index is 12.4. The van der Waals surface area contributed by atoms with Crippen LogP contribution in [0.2, 0.25) is 0 Å². The highest BCUT2D eigenvalue weighted by Crippen LogP contribution is 2.17. The van der Waals surface area contributed by atoms with Gasteiger partial charge in [0, 0.05) is 39.3 Å². The Morgan fingerprint density at radius 3 is 2.75 bits per heavy atom. The molecule has 2 N–H and O–H groups in total. The van der Waals surface area contributed by atoms with E-state index in [-0.39, 0.29) is 12.0 Å². The van der Waals surface area contributed by atoms with Gasteiger partial charge in [0.05, 0.1) is 19.8 Å². The van der Waals surface area contributed by atoms with Crippen LogP contribution >= 0.6 is 0 Å². The number of nitrogens with zero attached hydrogens (tertiary/aromatic N) is 3. The van der Waals surface area contributed by atoms with E-state index in [9.17, 15) is 9.90 Å². The number of nitrogens with one attached hydrogen (secondary N) is 1. The highest BCUT2D eigenvalue weighted by atomic mass is 16.5. The van der Waals surface area contributed by atoms with Crippen LogP contribution in [0.25, 0.3) is 0 Å². The molecular weight excluding hydrogens is 408 g/mol. The number of amides is 1. The van der Waals surface area contributed by atoms with Crippen molar-refractivity contribution in [1.29, 1.82) is 0 Å².